The van der Waals surface area contributed by atoms with Gasteiger partial charge in [-0.25, -0.2) is 0 Å². The minimum Gasteiger partial charge on any atom is -0.372 e. The fraction of sp³-hybridized carbons (Fsp3) is 0.533. The summed E-state index contributed by atoms with van der Waals surface area (Å²) in [5, 5.41) is 0. The molecule has 4 heteroatoms. The first-order valence-electron chi connectivity index (χ1n) is 6.47. The zero-order valence-corrected chi connectivity index (χ0v) is 12.1. The molecule has 0 aliphatic heterocycles. The van der Waals surface area contributed by atoms with Crippen LogP contribution in [0.15, 0.2) is 30.3 Å². The van der Waals surface area contributed by atoms with Gasteiger partial charge in [0.15, 0.2) is 0 Å². The molecule has 0 saturated heterocycles. The summed E-state index contributed by atoms with van der Waals surface area (Å²) in [7, 11) is 0. The first kappa shape index (κ1) is 15.8. The van der Waals surface area contributed by atoms with Crippen molar-refractivity contribution in [1.29, 1.82) is 0 Å². The minimum absolute atomic E-state index is 0.264. The average molecular weight is 265 g/mol. The van der Waals surface area contributed by atoms with E-state index in [1.807, 2.05) is 58.0 Å². The van der Waals surface area contributed by atoms with E-state index in [4.69, 9.17) is 9.57 Å². The van der Waals surface area contributed by atoms with E-state index < -0.39 is 6.04 Å². The molecule has 0 heterocycles. The molecular formula is C15H23NO3. The van der Waals surface area contributed by atoms with Crippen LogP contribution in [-0.4, -0.2) is 24.0 Å². The smallest absolute Gasteiger partial charge is 0.141 e. The van der Waals surface area contributed by atoms with E-state index >= 15 is 0 Å². The fourth-order valence-corrected chi connectivity index (χ4v) is 1.38. The van der Waals surface area contributed by atoms with Gasteiger partial charge in [-0.3, -0.25) is 4.84 Å². The number of nitrogens with one attached hydrogen (secondary N) is 1. The third-order valence-electron chi connectivity index (χ3n) is 2.51. The van der Waals surface area contributed by atoms with Gasteiger partial charge >= 0.3 is 0 Å². The number of carbonyl (C=O) groups is 1. The Bertz CT molecular complexity index is 373. The third kappa shape index (κ3) is 6.47. The van der Waals surface area contributed by atoms with Crippen LogP contribution in [0.4, 0.5) is 0 Å². The molecule has 2 unspecified atom stereocenters. The van der Waals surface area contributed by atoms with Gasteiger partial charge in [0.1, 0.15) is 12.3 Å². The molecule has 1 aromatic rings. The summed E-state index contributed by atoms with van der Waals surface area (Å²) in [6.07, 6.45) is 0.543. The van der Waals surface area contributed by atoms with Crippen molar-refractivity contribution in [3.8, 4) is 0 Å². The molecule has 4 nitrogen and oxygen atoms in total. The van der Waals surface area contributed by atoms with Gasteiger partial charge < -0.3 is 9.53 Å². The molecule has 106 valence electrons. The number of carbonyl (C=O) groups excluding carboxylic acids is 1. The lowest BCUT2D eigenvalue weighted by atomic mass is 10.2. The van der Waals surface area contributed by atoms with Crippen molar-refractivity contribution >= 4 is 6.29 Å². The predicted molar refractivity (Wildman–Crippen MR) is 74.5 cm³/mol. The van der Waals surface area contributed by atoms with E-state index in [-0.39, 0.29) is 11.7 Å². The molecule has 2 atom stereocenters. The van der Waals surface area contributed by atoms with Gasteiger partial charge in [0.2, 0.25) is 0 Å². The average Bonchev–Trinajstić information content (AvgIpc) is 2.37. The van der Waals surface area contributed by atoms with E-state index in [9.17, 15) is 4.79 Å². The van der Waals surface area contributed by atoms with Crippen molar-refractivity contribution in [3.63, 3.8) is 0 Å². The molecular weight excluding hydrogens is 242 g/mol. The first-order chi connectivity index (χ1) is 8.92. The Morgan fingerprint density at radius 1 is 1.26 bits per heavy atom. The second-order valence-electron chi connectivity index (χ2n) is 5.50. The number of rotatable bonds is 7. The molecule has 0 bridgehead atoms. The van der Waals surface area contributed by atoms with Crippen LogP contribution in [-0.2, 0) is 21.0 Å². The second-order valence-corrected chi connectivity index (χ2v) is 5.50. The Morgan fingerprint density at radius 2 is 1.89 bits per heavy atom. The van der Waals surface area contributed by atoms with Gasteiger partial charge in [-0.15, -0.1) is 0 Å². The molecule has 0 amide bonds. The standard InChI is InChI=1S/C15H23NO3/c1-12(14(10-17)16-19-15(2,3)4)18-11-13-8-6-5-7-9-13/h5-10,12,14,16H,11H2,1-4H3. The van der Waals surface area contributed by atoms with Crippen molar-refractivity contribution < 1.29 is 14.4 Å². The van der Waals surface area contributed by atoms with E-state index in [1.54, 1.807) is 0 Å². The number of hydroxylamine groups is 1. The summed E-state index contributed by atoms with van der Waals surface area (Å²) in [5.41, 5.74) is 3.48. The van der Waals surface area contributed by atoms with Gasteiger partial charge in [-0.1, -0.05) is 30.3 Å². The van der Waals surface area contributed by atoms with Crippen LogP contribution in [0, 0.1) is 0 Å². The van der Waals surface area contributed by atoms with E-state index in [2.05, 4.69) is 5.48 Å². The molecule has 0 saturated carbocycles. The van der Waals surface area contributed by atoms with Crippen LogP contribution in [0.1, 0.15) is 33.3 Å². The summed E-state index contributed by atoms with van der Waals surface area (Å²) < 4.78 is 5.67. The molecule has 1 N–H and O–H groups in total. The van der Waals surface area contributed by atoms with E-state index in [0.29, 0.717) is 6.61 Å². The fourth-order valence-electron chi connectivity index (χ4n) is 1.38. The van der Waals surface area contributed by atoms with Gasteiger partial charge in [0.05, 0.1) is 18.3 Å². The lowest BCUT2D eigenvalue weighted by molar-refractivity contribution is -0.133. The predicted octanol–water partition coefficient (Wildman–Crippen LogP) is 2.48. The van der Waals surface area contributed by atoms with Crippen LogP contribution in [0.5, 0.6) is 0 Å². The number of ether oxygens (including phenoxy) is 1. The number of hydrogen-bond acceptors (Lipinski definition) is 4. The molecule has 19 heavy (non-hydrogen) atoms. The summed E-state index contributed by atoms with van der Waals surface area (Å²) in [6.45, 7) is 8.07. The van der Waals surface area contributed by atoms with Crippen LogP contribution in [0.25, 0.3) is 0 Å². The second kappa shape index (κ2) is 7.38. The highest BCUT2D eigenvalue weighted by atomic mass is 16.7. The highest BCUT2D eigenvalue weighted by Crippen LogP contribution is 2.08. The van der Waals surface area contributed by atoms with Crippen molar-refractivity contribution in [2.45, 2.75) is 52.0 Å². The molecule has 0 radical (unpaired) electrons. The summed E-state index contributed by atoms with van der Waals surface area (Å²) >= 11 is 0. The maximum atomic E-state index is 11.1. The van der Waals surface area contributed by atoms with Crippen LogP contribution >= 0.6 is 0 Å². The van der Waals surface area contributed by atoms with Crippen LogP contribution in [0.3, 0.4) is 0 Å². The number of aldehydes is 1. The largest absolute Gasteiger partial charge is 0.372 e. The van der Waals surface area contributed by atoms with Gasteiger partial charge in [-0.05, 0) is 33.3 Å². The van der Waals surface area contributed by atoms with Crippen molar-refractivity contribution in [3.05, 3.63) is 35.9 Å². The molecule has 1 rings (SSSR count). The molecule has 0 fully saturated rings. The van der Waals surface area contributed by atoms with Crippen molar-refractivity contribution in [2.75, 3.05) is 0 Å². The lowest BCUT2D eigenvalue weighted by Crippen LogP contribution is -2.44. The first-order valence-corrected chi connectivity index (χ1v) is 6.47. The zero-order chi connectivity index (χ0) is 14.3. The monoisotopic (exact) mass is 265 g/mol. The number of hydrogen-bond donors (Lipinski definition) is 1. The molecule has 0 spiro atoms. The van der Waals surface area contributed by atoms with Crippen LogP contribution in [0.2, 0.25) is 0 Å². The molecule has 1 aromatic carbocycles. The van der Waals surface area contributed by atoms with Crippen molar-refractivity contribution in [2.24, 2.45) is 0 Å². The Hall–Kier alpha value is -1.23. The SMILES string of the molecule is CC(OCc1ccccc1)C(C=O)NOC(C)(C)C. The molecule has 0 aliphatic rings. The third-order valence-corrected chi connectivity index (χ3v) is 2.51. The molecule has 0 aromatic heterocycles. The van der Waals surface area contributed by atoms with Gasteiger partial charge in [-0.2, -0.15) is 5.48 Å². The zero-order valence-electron chi connectivity index (χ0n) is 12.1. The quantitative estimate of drug-likeness (QED) is 0.608. The van der Waals surface area contributed by atoms with Gasteiger partial charge in [0.25, 0.3) is 0 Å². The summed E-state index contributed by atoms with van der Waals surface area (Å²) in [6, 6.07) is 9.37. The normalized spacial score (nSPS) is 14.9. The Kier molecular flexibility index (Phi) is 6.15. The van der Waals surface area contributed by atoms with E-state index in [1.165, 1.54) is 0 Å². The van der Waals surface area contributed by atoms with Gasteiger partial charge in [0, 0.05) is 0 Å². The lowest BCUT2D eigenvalue weighted by Gasteiger charge is -2.25. The minimum atomic E-state index is -0.483. The summed E-state index contributed by atoms with van der Waals surface area (Å²) in [5.74, 6) is 0. The highest BCUT2D eigenvalue weighted by molar-refractivity contribution is 5.58. The number of benzene rings is 1. The van der Waals surface area contributed by atoms with Crippen LogP contribution < -0.4 is 5.48 Å². The maximum absolute atomic E-state index is 11.1. The van der Waals surface area contributed by atoms with E-state index in [0.717, 1.165) is 11.8 Å². The summed E-state index contributed by atoms with van der Waals surface area (Å²) in [4.78, 5) is 16.4. The highest BCUT2D eigenvalue weighted by Gasteiger charge is 2.20. The Balaban J connectivity index is 2.41. The van der Waals surface area contributed by atoms with Crippen molar-refractivity contribution in [1.82, 2.24) is 5.48 Å². The Morgan fingerprint density at radius 3 is 2.42 bits per heavy atom. The molecule has 0 aliphatic carbocycles. The Labute approximate surface area is 115 Å². The maximum Gasteiger partial charge on any atom is 0.141 e. The topological polar surface area (TPSA) is 47.6 Å².